The van der Waals surface area contributed by atoms with Crippen molar-refractivity contribution in [3.63, 3.8) is 0 Å². The Morgan fingerprint density at radius 3 is 2.56 bits per heavy atom. The maximum absolute atomic E-state index is 12.6. The summed E-state index contributed by atoms with van der Waals surface area (Å²) in [6.45, 7) is 2.83. The number of amides is 1. The van der Waals surface area contributed by atoms with Crippen molar-refractivity contribution in [1.29, 1.82) is 0 Å². The van der Waals surface area contributed by atoms with Gasteiger partial charge in [0, 0.05) is 23.7 Å². The van der Waals surface area contributed by atoms with Gasteiger partial charge in [-0.3, -0.25) is 15.0 Å². The van der Waals surface area contributed by atoms with Crippen molar-refractivity contribution in [3.8, 4) is 0 Å². The van der Waals surface area contributed by atoms with Crippen LogP contribution in [0.4, 0.5) is 5.69 Å². The van der Waals surface area contributed by atoms with Gasteiger partial charge < -0.3 is 10.1 Å². The molecule has 2 fully saturated rings. The van der Waals surface area contributed by atoms with Crippen molar-refractivity contribution in [2.75, 3.05) is 25.0 Å². The maximum atomic E-state index is 12.6. The number of nitrogens with zero attached hydrogens (tertiary/aromatic N) is 1. The monoisotopic (exact) mass is 477 g/mol. The lowest BCUT2D eigenvalue weighted by molar-refractivity contribution is -0.115. The first-order valence-electron chi connectivity index (χ1n) is 11.9. The Balaban J connectivity index is 1.23. The third-order valence-electron chi connectivity index (χ3n) is 6.50. The molecule has 2 heterocycles. The number of esters is 1. The molecule has 6 nitrogen and oxygen atoms in total. The highest BCUT2D eigenvalue weighted by Gasteiger charge is 2.33. The number of thiocarbonyl (C=S) groups is 1. The molecular formula is C27H31N3O3S. The van der Waals surface area contributed by atoms with Crippen LogP contribution in [0.15, 0.2) is 60.7 Å². The van der Waals surface area contributed by atoms with Gasteiger partial charge in [-0.2, -0.15) is 0 Å². The van der Waals surface area contributed by atoms with Gasteiger partial charge in [0.2, 0.25) is 5.91 Å². The number of benzene rings is 2. The molecule has 0 aliphatic carbocycles. The van der Waals surface area contributed by atoms with E-state index >= 15 is 0 Å². The molecule has 2 aliphatic rings. The molecule has 7 heteroatoms. The Labute approximate surface area is 206 Å². The number of hydrogen-bond donors (Lipinski definition) is 2. The van der Waals surface area contributed by atoms with Gasteiger partial charge in [0.1, 0.15) is 0 Å². The molecular weight excluding hydrogens is 446 g/mol. The molecule has 34 heavy (non-hydrogen) atoms. The number of hydrogen-bond acceptors (Lipinski definition) is 5. The van der Waals surface area contributed by atoms with Crippen LogP contribution in [0.1, 0.15) is 48.0 Å². The van der Waals surface area contributed by atoms with Crippen LogP contribution < -0.4 is 10.6 Å². The molecule has 2 aliphatic heterocycles. The molecule has 178 valence electrons. The van der Waals surface area contributed by atoms with E-state index in [4.69, 9.17) is 17.0 Å². The molecule has 2 aromatic rings. The van der Waals surface area contributed by atoms with Crippen molar-refractivity contribution in [1.82, 2.24) is 10.2 Å². The number of fused-ring (bicyclic) bond motifs is 1. The summed E-state index contributed by atoms with van der Waals surface area (Å²) in [6.07, 6.45) is 9.21. The molecule has 0 radical (unpaired) electrons. The lowest BCUT2D eigenvalue weighted by atomic mass is 9.84. The van der Waals surface area contributed by atoms with Gasteiger partial charge in [-0.1, -0.05) is 36.8 Å². The molecule has 2 atom stereocenters. The first-order chi connectivity index (χ1) is 16.6. The highest BCUT2D eigenvalue weighted by molar-refractivity contribution is 7.80. The molecule has 2 aromatic carbocycles. The second-order valence-corrected chi connectivity index (χ2v) is 9.27. The zero-order chi connectivity index (χ0) is 23.8. The number of ether oxygens (including phenoxy) is 1. The van der Waals surface area contributed by atoms with E-state index in [-0.39, 0.29) is 17.0 Å². The summed E-state index contributed by atoms with van der Waals surface area (Å²) in [5, 5.41) is 5.76. The largest absolute Gasteiger partial charge is 0.462 e. The van der Waals surface area contributed by atoms with Gasteiger partial charge in [-0.25, -0.2) is 4.79 Å². The van der Waals surface area contributed by atoms with Gasteiger partial charge in [0.15, 0.2) is 5.11 Å². The third-order valence-corrected chi connectivity index (χ3v) is 6.70. The molecule has 0 bridgehead atoms. The standard InChI is InChI=1S/C27H31N3O3S/c31-25(16-11-20-7-2-1-3-8-20)29-27(34)28-23-14-12-21(13-15-23)26(32)33-19-22-9-6-18-30-17-5-4-10-24(22)30/h1-3,7-8,11-16,22,24H,4-6,9-10,17-19H2,(H2,28,29,31,34)/b16-11+/t22-,24+/m0/s1. The third kappa shape index (κ3) is 6.74. The van der Waals surface area contributed by atoms with Crippen LogP contribution in [0.3, 0.4) is 0 Å². The average Bonchev–Trinajstić information content (AvgIpc) is 2.87. The zero-order valence-electron chi connectivity index (χ0n) is 19.2. The normalized spacial score (nSPS) is 20.4. The molecule has 2 saturated heterocycles. The van der Waals surface area contributed by atoms with Gasteiger partial charge in [0.25, 0.3) is 0 Å². The highest BCUT2D eigenvalue weighted by atomic mass is 32.1. The zero-order valence-corrected chi connectivity index (χ0v) is 20.1. The van der Waals surface area contributed by atoms with Crippen LogP contribution in [-0.2, 0) is 9.53 Å². The number of anilines is 1. The average molecular weight is 478 g/mol. The van der Waals surface area contributed by atoms with Crippen molar-refractivity contribution < 1.29 is 14.3 Å². The molecule has 1 amide bonds. The summed E-state index contributed by atoms with van der Waals surface area (Å²) >= 11 is 5.22. The van der Waals surface area contributed by atoms with Gasteiger partial charge in [-0.15, -0.1) is 0 Å². The van der Waals surface area contributed by atoms with E-state index in [1.54, 1.807) is 30.3 Å². The lowest BCUT2D eigenvalue weighted by Crippen LogP contribution is -2.49. The second kappa shape index (κ2) is 11.9. The minimum Gasteiger partial charge on any atom is -0.462 e. The minimum absolute atomic E-state index is 0.187. The summed E-state index contributed by atoms with van der Waals surface area (Å²) in [4.78, 5) is 27.2. The van der Waals surface area contributed by atoms with Crippen molar-refractivity contribution in [3.05, 3.63) is 71.8 Å². The number of carbonyl (C=O) groups is 2. The summed E-state index contributed by atoms with van der Waals surface area (Å²) in [5.74, 6) is -0.196. The fourth-order valence-corrected chi connectivity index (χ4v) is 5.00. The van der Waals surface area contributed by atoms with E-state index in [0.29, 0.717) is 29.8 Å². The number of rotatable bonds is 6. The predicted octanol–water partition coefficient (Wildman–Crippen LogP) is 4.63. The van der Waals surface area contributed by atoms with Crippen LogP contribution >= 0.6 is 12.2 Å². The Kier molecular flexibility index (Phi) is 8.44. The smallest absolute Gasteiger partial charge is 0.338 e. The lowest BCUT2D eigenvalue weighted by Gasteiger charge is -2.44. The summed E-state index contributed by atoms with van der Waals surface area (Å²) in [7, 11) is 0. The molecule has 0 aromatic heterocycles. The molecule has 0 unspecified atom stereocenters. The first kappa shape index (κ1) is 24.1. The fraction of sp³-hybridized carbons (Fsp3) is 0.370. The Bertz CT molecular complexity index is 1020. The predicted molar refractivity (Wildman–Crippen MR) is 138 cm³/mol. The van der Waals surface area contributed by atoms with Gasteiger partial charge in [0.05, 0.1) is 12.2 Å². The Morgan fingerprint density at radius 2 is 1.76 bits per heavy atom. The van der Waals surface area contributed by atoms with Crippen LogP contribution in [0.25, 0.3) is 6.08 Å². The topological polar surface area (TPSA) is 70.7 Å². The van der Waals surface area contributed by atoms with E-state index in [0.717, 1.165) is 12.0 Å². The van der Waals surface area contributed by atoms with Gasteiger partial charge >= 0.3 is 5.97 Å². The highest BCUT2D eigenvalue weighted by Crippen LogP contribution is 2.31. The van der Waals surface area contributed by atoms with E-state index in [1.807, 2.05) is 30.3 Å². The molecule has 2 N–H and O–H groups in total. The number of piperidine rings is 2. The SMILES string of the molecule is O=C(/C=C/c1ccccc1)NC(=S)Nc1ccc(C(=O)OC[C@@H]2CCCN3CCCC[C@H]23)cc1. The van der Waals surface area contributed by atoms with Crippen molar-refractivity contribution in [2.45, 2.75) is 38.1 Å². The molecule has 4 rings (SSSR count). The maximum Gasteiger partial charge on any atom is 0.338 e. The van der Waals surface area contributed by atoms with Crippen molar-refractivity contribution in [2.24, 2.45) is 5.92 Å². The quantitative estimate of drug-likeness (QED) is 0.359. The number of carbonyl (C=O) groups excluding carboxylic acids is 2. The summed E-state index contributed by atoms with van der Waals surface area (Å²) in [6, 6.07) is 17.0. The van der Waals surface area contributed by atoms with Crippen LogP contribution in [0.5, 0.6) is 0 Å². The van der Waals surface area contributed by atoms with E-state index in [1.165, 1.54) is 44.8 Å². The van der Waals surface area contributed by atoms with E-state index in [9.17, 15) is 9.59 Å². The summed E-state index contributed by atoms with van der Waals surface area (Å²) < 4.78 is 5.68. The Hall–Kier alpha value is -3.03. The van der Waals surface area contributed by atoms with Crippen LogP contribution in [0.2, 0.25) is 0 Å². The van der Waals surface area contributed by atoms with Gasteiger partial charge in [-0.05, 0) is 86.9 Å². The van der Waals surface area contributed by atoms with E-state index < -0.39 is 0 Å². The summed E-state index contributed by atoms with van der Waals surface area (Å²) in [5.41, 5.74) is 2.11. The van der Waals surface area contributed by atoms with Crippen molar-refractivity contribution >= 4 is 41.0 Å². The van der Waals surface area contributed by atoms with Crippen LogP contribution in [0, 0.1) is 5.92 Å². The first-order valence-corrected chi connectivity index (χ1v) is 12.4. The fourth-order valence-electron chi connectivity index (χ4n) is 4.78. The van der Waals surface area contributed by atoms with E-state index in [2.05, 4.69) is 15.5 Å². The number of nitrogens with one attached hydrogen (secondary N) is 2. The Morgan fingerprint density at radius 1 is 1.00 bits per heavy atom. The molecule has 0 spiro atoms. The van der Waals surface area contributed by atoms with Crippen LogP contribution in [-0.4, -0.2) is 47.6 Å². The minimum atomic E-state index is -0.319. The second-order valence-electron chi connectivity index (χ2n) is 8.86. The molecule has 0 saturated carbocycles.